The number of unbranched alkanes of at least 4 members (excludes halogenated alkanes) is 13. The molecule has 0 rings (SSSR count). The summed E-state index contributed by atoms with van der Waals surface area (Å²) in [6.45, 7) is 2.62. The Hall–Kier alpha value is -0.300. The zero-order valence-corrected chi connectivity index (χ0v) is 13.9. The third-order valence-corrected chi connectivity index (χ3v) is 3.92. The molecule has 0 aliphatic carbocycles. The lowest BCUT2D eigenvalue weighted by atomic mass is 10.1. The Labute approximate surface area is 127 Å². The van der Waals surface area contributed by atoms with Crippen molar-refractivity contribution in [2.75, 3.05) is 6.61 Å². The molecule has 0 heterocycles. The summed E-state index contributed by atoms with van der Waals surface area (Å²) in [5.74, 6) is 0. The quantitative estimate of drug-likeness (QED) is 0.256. The molecule has 120 valence electrons. The highest BCUT2D eigenvalue weighted by atomic mass is 16.2. The molecule has 0 saturated heterocycles. The van der Waals surface area contributed by atoms with E-state index in [0.717, 1.165) is 19.3 Å². The maximum absolute atomic E-state index is 8.66. The van der Waals surface area contributed by atoms with Crippen molar-refractivity contribution in [1.29, 1.82) is 0 Å². The molecule has 1 N–H and O–H groups in total. The average molecular weight is 283 g/mol. The van der Waals surface area contributed by atoms with Crippen LogP contribution < -0.4 is 0 Å². The fraction of sp³-hybridized carbons (Fsp3) is 0.895. The molecule has 0 saturated carbocycles. The first kappa shape index (κ1) is 19.7. The topological polar surface area (TPSA) is 20.2 Å². The Kier molecular flexibility index (Phi) is 18.4. The van der Waals surface area contributed by atoms with E-state index in [4.69, 9.17) is 5.11 Å². The molecule has 0 aromatic rings. The van der Waals surface area contributed by atoms with Gasteiger partial charge in [0.1, 0.15) is 0 Å². The van der Waals surface area contributed by atoms with E-state index in [1.54, 1.807) is 0 Å². The van der Waals surface area contributed by atoms with Crippen molar-refractivity contribution in [3.05, 3.63) is 12.2 Å². The number of aliphatic hydroxyl groups excluding tert-OH is 1. The molecule has 1 heteroatoms. The molecular formula is C19H38O. The fourth-order valence-corrected chi connectivity index (χ4v) is 2.54. The second kappa shape index (κ2) is 18.7. The van der Waals surface area contributed by atoms with Crippen LogP contribution in [0.4, 0.5) is 0 Å². The highest BCUT2D eigenvalue weighted by molar-refractivity contribution is 4.81. The first-order valence-corrected chi connectivity index (χ1v) is 9.17. The molecule has 0 spiro atoms. The van der Waals surface area contributed by atoms with Crippen LogP contribution in [0.15, 0.2) is 12.2 Å². The maximum Gasteiger partial charge on any atom is 0.0431 e. The van der Waals surface area contributed by atoms with E-state index in [1.807, 2.05) is 0 Å². The van der Waals surface area contributed by atoms with Crippen LogP contribution in [0.2, 0.25) is 0 Å². The monoisotopic (exact) mass is 282 g/mol. The number of allylic oxidation sites excluding steroid dienone is 2. The third-order valence-electron chi connectivity index (χ3n) is 3.92. The van der Waals surface area contributed by atoms with Crippen molar-refractivity contribution < 1.29 is 5.11 Å². The van der Waals surface area contributed by atoms with Crippen molar-refractivity contribution >= 4 is 0 Å². The van der Waals surface area contributed by atoms with E-state index >= 15 is 0 Å². The van der Waals surface area contributed by atoms with Crippen LogP contribution in [0.3, 0.4) is 0 Å². The first-order chi connectivity index (χ1) is 9.91. The predicted octanol–water partition coefficient (Wildman–Crippen LogP) is 6.41. The van der Waals surface area contributed by atoms with E-state index in [9.17, 15) is 0 Å². The molecule has 0 aliphatic rings. The molecule has 20 heavy (non-hydrogen) atoms. The summed E-state index contributed by atoms with van der Waals surface area (Å²) >= 11 is 0. The van der Waals surface area contributed by atoms with Crippen molar-refractivity contribution in [2.24, 2.45) is 0 Å². The van der Waals surface area contributed by atoms with Crippen molar-refractivity contribution in [3.63, 3.8) is 0 Å². The lowest BCUT2D eigenvalue weighted by Crippen LogP contribution is -1.82. The predicted molar refractivity (Wildman–Crippen MR) is 91.2 cm³/mol. The molecule has 0 aliphatic heterocycles. The summed E-state index contributed by atoms with van der Waals surface area (Å²) in [4.78, 5) is 0. The van der Waals surface area contributed by atoms with Gasteiger partial charge in [0.05, 0.1) is 0 Å². The van der Waals surface area contributed by atoms with E-state index in [0.29, 0.717) is 6.61 Å². The lowest BCUT2D eigenvalue weighted by Gasteiger charge is -2.01. The minimum absolute atomic E-state index is 0.340. The van der Waals surface area contributed by atoms with E-state index in [2.05, 4.69) is 19.1 Å². The molecule has 0 aromatic heterocycles. The summed E-state index contributed by atoms with van der Waals surface area (Å²) in [6.07, 6.45) is 24.7. The van der Waals surface area contributed by atoms with Crippen molar-refractivity contribution in [3.8, 4) is 0 Å². The standard InChI is InChI=1S/C19H38O/c1-2-3-4-5-6-7-8-9-10-11-12-13-14-15-16-17-18-19-20/h14-15,20H,2-13,16-19H2,1H3. The molecule has 0 amide bonds. The van der Waals surface area contributed by atoms with Gasteiger partial charge in [0.2, 0.25) is 0 Å². The van der Waals surface area contributed by atoms with Crippen LogP contribution in [0, 0.1) is 0 Å². The Morgan fingerprint density at radius 2 is 0.950 bits per heavy atom. The van der Waals surface area contributed by atoms with E-state index in [1.165, 1.54) is 77.0 Å². The lowest BCUT2D eigenvalue weighted by molar-refractivity contribution is 0.285. The summed E-state index contributed by atoms with van der Waals surface area (Å²) in [7, 11) is 0. The summed E-state index contributed by atoms with van der Waals surface area (Å²) in [5.41, 5.74) is 0. The maximum atomic E-state index is 8.66. The second-order valence-electron chi connectivity index (χ2n) is 6.02. The van der Waals surface area contributed by atoms with Crippen LogP contribution in [0.25, 0.3) is 0 Å². The van der Waals surface area contributed by atoms with E-state index < -0.39 is 0 Å². The summed E-state index contributed by atoms with van der Waals surface area (Å²) < 4.78 is 0. The van der Waals surface area contributed by atoms with Crippen LogP contribution >= 0.6 is 0 Å². The number of hydrogen-bond donors (Lipinski definition) is 1. The molecular weight excluding hydrogens is 244 g/mol. The average Bonchev–Trinajstić information content (AvgIpc) is 2.47. The second-order valence-corrected chi connectivity index (χ2v) is 6.02. The van der Waals surface area contributed by atoms with Gasteiger partial charge in [-0.1, -0.05) is 83.3 Å². The Bertz CT molecular complexity index is 186. The van der Waals surface area contributed by atoms with Crippen LogP contribution in [0.5, 0.6) is 0 Å². The minimum Gasteiger partial charge on any atom is -0.396 e. The molecule has 0 atom stereocenters. The van der Waals surface area contributed by atoms with Gasteiger partial charge in [-0.15, -0.1) is 0 Å². The van der Waals surface area contributed by atoms with Gasteiger partial charge in [-0.05, 0) is 32.1 Å². The largest absolute Gasteiger partial charge is 0.396 e. The van der Waals surface area contributed by atoms with Crippen LogP contribution in [-0.2, 0) is 0 Å². The SMILES string of the molecule is CCCCCCCCCCCCCC=CCCCCO. The number of aliphatic hydroxyl groups is 1. The molecule has 0 aromatic carbocycles. The highest BCUT2D eigenvalue weighted by Gasteiger charge is 1.92. The number of rotatable bonds is 16. The fourth-order valence-electron chi connectivity index (χ4n) is 2.54. The van der Waals surface area contributed by atoms with Gasteiger partial charge in [-0.25, -0.2) is 0 Å². The zero-order valence-electron chi connectivity index (χ0n) is 13.9. The summed E-state index contributed by atoms with van der Waals surface area (Å²) in [5, 5.41) is 8.66. The zero-order chi connectivity index (χ0) is 14.7. The van der Waals surface area contributed by atoms with Gasteiger partial charge in [-0.2, -0.15) is 0 Å². The van der Waals surface area contributed by atoms with Gasteiger partial charge in [-0.3, -0.25) is 0 Å². The van der Waals surface area contributed by atoms with E-state index in [-0.39, 0.29) is 0 Å². The highest BCUT2D eigenvalue weighted by Crippen LogP contribution is 2.12. The molecule has 0 bridgehead atoms. The molecule has 0 unspecified atom stereocenters. The first-order valence-electron chi connectivity index (χ1n) is 9.17. The Balaban J connectivity index is 2.99. The Morgan fingerprint density at radius 1 is 0.550 bits per heavy atom. The van der Waals surface area contributed by atoms with Gasteiger partial charge in [0, 0.05) is 6.61 Å². The van der Waals surface area contributed by atoms with Crippen molar-refractivity contribution in [1.82, 2.24) is 0 Å². The van der Waals surface area contributed by atoms with Gasteiger partial charge >= 0.3 is 0 Å². The smallest absolute Gasteiger partial charge is 0.0431 e. The molecule has 0 fully saturated rings. The molecule has 0 radical (unpaired) electrons. The Morgan fingerprint density at radius 3 is 1.40 bits per heavy atom. The van der Waals surface area contributed by atoms with Gasteiger partial charge < -0.3 is 5.11 Å². The van der Waals surface area contributed by atoms with Crippen LogP contribution in [-0.4, -0.2) is 11.7 Å². The normalized spacial score (nSPS) is 11.5. The van der Waals surface area contributed by atoms with Gasteiger partial charge in [0.15, 0.2) is 0 Å². The van der Waals surface area contributed by atoms with Crippen molar-refractivity contribution in [2.45, 2.75) is 103 Å². The van der Waals surface area contributed by atoms with Crippen LogP contribution in [0.1, 0.15) is 103 Å². The number of hydrogen-bond acceptors (Lipinski definition) is 1. The third kappa shape index (κ3) is 17.7. The minimum atomic E-state index is 0.340. The van der Waals surface area contributed by atoms with Gasteiger partial charge in [0.25, 0.3) is 0 Å². The molecule has 1 nitrogen and oxygen atoms in total. The summed E-state index contributed by atoms with van der Waals surface area (Å²) in [6, 6.07) is 0.